The zero-order valence-electron chi connectivity index (χ0n) is 14.6. The monoisotopic (exact) mass is 314 g/mol. The molecule has 1 aromatic carbocycles. The Labute approximate surface area is 141 Å². The molecule has 0 heterocycles. The second-order valence-electron chi connectivity index (χ2n) is 5.19. The van der Waals surface area contributed by atoms with Gasteiger partial charge in [-0.1, -0.05) is 89.3 Å². The van der Waals surface area contributed by atoms with Gasteiger partial charge in [-0.2, -0.15) is 0 Å². The molecule has 0 bridgehead atoms. The molecule has 0 amide bonds. The minimum Gasteiger partial charge on any atom is -0.462 e. The molecule has 2 nitrogen and oxygen atoms in total. The maximum atomic E-state index is 11.1. The van der Waals surface area contributed by atoms with Gasteiger partial charge in [-0.15, -0.1) is 0 Å². The quantitative estimate of drug-likeness (QED) is 0.315. The Morgan fingerprint density at radius 1 is 1.04 bits per heavy atom. The summed E-state index contributed by atoms with van der Waals surface area (Å²) in [5.41, 5.74) is 2.84. The fourth-order valence-corrected chi connectivity index (χ4v) is 1.82. The first-order valence-electron chi connectivity index (χ1n) is 8.29. The van der Waals surface area contributed by atoms with Crippen LogP contribution < -0.4 is 0 Å². The number of carbonyl (C=O) groups is 1. The van der Waals surface area contributed by atoms with Gasteiger partial charge in [-0.25, -0.2) is 4.79 Å². The molecule has 0 aliphatic carbocycles. The second kappa shape index (κ2) is 13.6. The Morgan fingerprint density at radius 3 is 2.04 bits per heavy atom. The maximum Gasteiger partial charge on any atom is 0.333 e. The summed E-state index contributed by atoms with van der Waals surface area (Å²) in [5.74, 6) is -0.237. The van der Waals surface area contributed by atoms with Crippen LogP contribution in [0.3, 0.4) is 0 Å². The highest BCUT2D eigenvalue weighted by Crippen LogP contribution is 2.10. The number of benzene rings is 1. The van der Waals surface area contributed by atoms with Crippen LogP contribution in [0, 0.1) is 0 Å². The van der Waals surface area contributed by atoms with Gasteiger partial charge < -0.3 is 4.74 Å². The molecule has 0 saturated carbocycles. The third-order valence-corrected chi connectivity index (χ3v) is 3.38. The third kappa shape index (κ3) is 9.51. The zero-order valence-corrected chi connectivity index (χ0v) is 14.6. The summed E-state index contributed by atoms with van der Waals surface area (Å²) >= 11 is 0. The lowest BCUT2D eigenvalue weighted by Gasteiger charge is -2.04. The van der Waals surface area contributed by atoms with Crippen LogP contribution in [0.5, 0.6) is 0 Å². The molecular weight excluding hydrogens is 284 g/mol. The predicted octanol–water partition coefficient (Wildman–Crippen LogP) is 6.05. The minimum atomic E-state index is -0.237. The summed E-state index contributed by atoms with van der Waals surface area (Å²) in [5, 5.41) is 0. The largest absolute Gasteiger partial charge is 0.462 e. The fourth-order valence-electron chi connectivity index (χ4n) is 1.82. The number of esters is 1. The van der Waals surface area contributed by atoms with Crippen molar-refractivity contribution < 1.29 is 9.53 Å². The van der Waals surface area contributed by atoms with Gasteiger partial charge in [0.15, 0.2) is 0 Å². The number of hydrogen-bond acceptors (Lipinski definition) is 2. The fraction of sp³-hybridized carbons (Fsp3) is 0.381. The standard InChI is InChI=1S/C11H20O2.C10H10/c1-4-6-7-8-9-13-11(12)10(3)5-2;1-3-9-7-5-6-8-10(9)4-2/h3-9H2,1-2H3;3-8H,1-2H2. The molecule has 0 radical (unpaired) electrons. The zero-order chi connectivity index (χ0) is 17.5. The molecule has 0 atom stereocenters. The number of rotatable bonds is 9. The summed E-state index contributed by atoms with van der Waals surface area (Å²) in [6.07, 6.45) is 8.86. The second-order valence-corrected chi connectivity index (χ2v) is 5.19. The Hall–Kier alpha value is -2.09. The van der Waals surface area contributed by atoms with E-state index in [2.05, 4.69) is 26.7 Å². The van der Waals surface area contributed by atoms with E-state index in [-0.39, 0.29) is 5.97 Å². The Kier molecular flexibility index (Phi) is 12.3. The lowest BCUT2D eigenvalue weighted by molar-refractivity contribution is -0.139. The average molecular weight is 314 g/mol. The molecule has 0 saturated heterocycles. The molecule has 0 aliphatic heterocycles. The molecule has 0 N–H and O–H groups in total. The van der Waals surface area contributed by atoms with Crippen molar-refractivity contribution in [3.05, 3.63) is 60.7 Å². The first kappa shape index (κ1) is 20.9. The summed E-state index contributed by atoms with van der Waals surface area (Å²) in [4.78, 5) is 11.1. The van der Waals surface area contributed by atoms with Crippen molar-refractivity contribution in [3.8, 4) is 0 Å². The van der Waals surface area contributed by atoms with E-state index in [1.54, 1.807) is 0 Å². The van der Waals surface area contributed by atoms with Crippen molar-refractivity contribution in [1.29, 1.82) is 0 Å². The van der Waals surface area contributed by atoms with Gasteiger partial charge in [0.05, 0.1) is 6.61 Å². The van der Waals surface area contributed by atoms with Crippen LogP contribution in [0.1, 0.15) is 57.1 Å². The highest BCUT2D eigenvalue weighted by molar-refractivity contribution is 5.87. The van der Waals surface area contributed by atoms with Crippen molar-refractivity contribution in [2.24, 2.45) is 0 Å². The molecule has 23 heavy (non-hydrogen) atoms. The smallest absolute Gasteiger partial charge is 0.333 e. The molecule has 1 aromatic rings. The van der Waals surface area contributed by atoms with Crippen LogP contribution in [-0.4, -0.2) is 12.6 Å². The van der Waals surface area contributed by atoms with Crippen LogP contribution in [0.25, 0.3) is 12.2 Å². The highest BCUT2D eigenvalue weighted by Gasteiger charge is 2.04. The third-order valence-electron chi connectivity index (χ3n) is 3.38. The van der Waals surface area contributed by atoms with E-state index in [1.807, 2.05) is 43.3 Å². The van der Waals surface area contributed by atoms with Crippen LogP contribution in [0.4, 0.5) is 0 Å². The first-order valence-corrected chi connectivity index (χ1v) is 8.29. The lowest BCUT2D eigenvalue weighted by Crippen LogP contribution is -2.07. The van der Waals surface area contributed by atoms with Gasteiger partial charge in [-0.3, -0.25) is 0 Å². The average Bonchev–Trinajstić information content (AvgIpc) is 2.60. The Balaban J connectivity index is 0.000000433. The molecule has 0 aliphatic rings. The van der Waals surface area contributed by atoms with Gasteiger partial charge >= 0.3 is 5.97 Å². The number of hydrogen-bond donors (Lipinski definition) is 0. The van der Waals surface area contributed by atoms with Gasteiger partial charge in [0.2, 0.25) is 0 Å². The van der Waals surface area contributed by atoms with E-state index in [0.29, 0.717) is 18.6 Å². The van der Waals surface area contributed by atoms with Gasteiger partial charge in [0.25, 0.3) is 0 Å². The number of carbonyl (C=O) groups excluding carboxylic acids is 1. The van der Waals surface area contributed by atoms with Crippen molar-refractivity contribution >= 4 is 18.1 Å². The van der Waals surface area contributed by atoms with Crippen LogP contribution >= 0.6 is 0 Å². The molecule has 126 valence electrons. The van der Waals surface area contributed by atoms with Gasteiger partial charge in [0, 0.05) is 5.57 Å². The molecule has 0 spiro atoms. The molecular formula is C21H30O2. The molecule has 2 heteroatoms. The molecule has 0 fully saturated rings. The Bertz CT molecular complexity index is 473. The minimum absolute atomic E-state index is 0.237. The van der Waals surface area contributed by atoms with E-state index in [0.717, 1.165) is 24.0 Å². The summed E-state index contributed by atoms with van der Waals surface area (Å²) in [6, 6.07) is 8.02. The molecule has 0 unspecified atom stereocenters. The summed E-state index contributed by atoms with van der Waals surface area (Å²) in [7, 11) is 0. The van der Waals surface area contributed by atoms with Crippen molar-refractivity contribution in [3.63, 3.8) is 0 Å². The maximum absolute atomic E-state index is 11.1. The van der Waals surface area contributed by atoms with E-state index < -0.39 is 0 Å². The van der Waals surface area contributed by atoms with Crippen molar-refractivity contribution in [2.45, 2.75) is 46.0 Å². The van der Waals surface area contributed by atoms with E-state index in [1.165, 1.54) is 12.8 Å². The van der Waals surface area contributed by atoms with Crippen LogP contribution in [0.15, 0.2) is 49.6 Å². The van der Waals surface area contributed by atoms with E-state index in [9.17, 15) is 4.79 Å². The Morgan fingerprint density at radius 2 is 1.61 bits per heavy atom. The molecule has 1 rings (SSSR count). The van der Waals surface area contributed by atoms with E-state index >= 15 is 0 Å². The predicted molar refractivity (Wildman–Crippen MR) is 101 cm³/mol. The van der Waals surface area contributed by atoms with E-state index in [4.69, 9.17) is 4.74 Å². The number of unbranched alkanes of at least 4 members (excludes halogenated alkanes) is 3. The van der Waals surface area contributed by atoms with Crippen molar-refractivity contribution in [1.82, 2.24) is 0 Å². The lowest BCUT2D eigenvalue weighted by atomic mass is 10.1. The SMILES string of the molecule is C=C(CC)C(=O)OCCCCCC.C=Cc1ccccc1C=C. The summed E-state index contributed by atoms with van der Waals surface area (Å²) < 4.78 is 5.00. The molecule has 0 aromatic heterocycles. The topological polar surface area (TPSA) is 26.3 Å². The summed E-state index contributed by atoms with van der Waals surface area (Å²) in [6.45, 7) is 15.6. The van der Waals surface area contributed by atoms with Crippen LogP contribution in [-0.2, 0) is 9.53 Å². The first-order chi connectivity index (χ1) is 11.1. The van der Waals surface area contributed by atoms with Gasteiger partial charge in [-0.05, 0) is 24.0 Å². The van der Waals surface area contributed by atoms with Gasteiger partial charge in [0.1, 0.15) is 0 Å². The van der Waals surface area contributed by atoms with Crippen molar-refractivity contribution in [2.75, 3.05) is 6.61 Å². The highest BCUT2D eigenvalue weighted by atomic mass is 16.5. The van der Waals surface area contributed by atoms with Crippen LogP contribution in [0.2, 0.25) is 0 Å². The number of ether oxygens (including phenoxy) is 1. The normalized spacial score (nSPS) is 9.30.